The number of hydrogen-bond donors (Lipinski definition) is 1. The molecule has 5 rings (SSSR count). The van der Waals surface area contributed by atoms with E-state index >= 15 is 0 Å². The van der Waals surface area contributed by atoms with Gasteiger partial charge in [0.25, 0.3) is 11.8 Å². The highest BCUT2D eigenvalue weighted by atomic mass is 16.5. The van der Waals surface area contributed by atoms with Gasteiger partial charge in [-0.25, -0.2) is 4.52 Å². The average molecular weight is 477 g/mol. The summed E-state index contributed by atoms with van der Waals surface area (Å²) in [6.07, 6.45) is 4.18. The fraction of sp³-hybridized carbons (Fsp3) is 0.346. The number of aromatic nitrogens is 2. The Morgan fingerprint density at radius 1 is 1.23 bits per heavy atom. The Bertz CT molecular complexity index is 1470. The van der Waals surface area contributed by atoms with Crippen molar-refractivity contribution in [2.45, 2.75) is 32.8 Å². The van der Waals surface area contributed by atoms with Crippen LogP contribution in [0.4, 0.5) is 0 Å². The summed E-state index contributed by atoms with van der Waals surface area (Å²) in [5, 5.41) is 7.75. The summed E-state index contributed by atoms with van der Waals surface area (Å²) in [5.41, 5.74) is 2.84. The van der Waals surface area contributed by atoms with Gasteiger partial charge >= 0.3 is 0 Å². The number of nitrogens with zero attached hydrogens (tertiary/aromatic N) is 3. The zero-order chi connectivity index (χ0) is 24.9. The molecule has 0 radical (unpaired) electrons. The molecule has 4 aromatic rings. The van der Waals surface area contributed by atoms with Crippen LogP contribution in [-0.2, 0) is 4.74 Å². The number of furan rings is 1. The van der Waals surface area contributed by atoms with Crippen LogP contribution in [0.5, 0.6) is 11.5 Å². The Morgan fingerprint density at radius 3 is 2.74 bits per heavy atom. The second kappa shape index (κ2) is 8.42. The molecule has 0 unspecified atom stereocenters. The van der Waals surface area contributed by atoms with Gasteiger partial charge in [-0.3, -0.25) is 9.59 Å². The van der Waals surface area contributed by atoms with Crippen molar-refractivity contribution in [3.63, 3.8) is 0 Å². The number of hydrogen-bond acceptors (Lipinski definition) is 6. The minimum Gasteiger partial charge on any atom is -0.460 e. The van der Waals surface area contributed by atoms with Crippen LogP contribution in [0, 0.1) is 13.8 Å². The van der Waals surface area contributed by atoms with E-state index in [-0.39, 0.29) is 17.4 Å². The van der Waals surface area contributed by atoms with Crippen LogP contribution in [0.15, 0.2) is 41.1 Å². The molecular formula is C26H28N4O5. The number of amides is 2. The molecule has 1 N–H and O–H groups in total. The van der Waals surface area contributed by atoms with Crippen LogP contribution in [0.2, 0.25) is 0 Å². The van der Waals surface area contributed by atoms with E-state index in [0.29, 0.717) is 52.6 Å². The number of rotatable bonds is 5. The Hall–Kier alpha value is -3.85. The van der Waals surface area contributed by atoms with E-state index in [1.807, 2.05) is 24.8 Å². The lowest BCUT2D eigenvalue weighted by Gasteiger charge is -2.22. The van der Waals surface area contributed by atoms with Crippen molar-refractivity contribution >= 4 is 28.3 Å². The van der Waals surface area contributed by atoms with Crippen molar-refractivity contribution in [2.24, 2.45) is 0 Å². The van der Waals surface area contributed by atoms with Gasteiger partial charge in [0.15, 0.2) is 5.75 Å². The molecule has 0 saturated carbocycles. The molecule has 182 valence electrons. The van der Waals surface area contributed by atoms with E-state index in [1.54, 1.807) is 56.2 Å². The van der Waals surface area contributed by atoms with Crippen LogP contribution in [0.3, 0.4) is 0 Å². The highest BCUT2D eigenvalue weighted by Crippen LogP contribution is 2.35. The Kier molecular flexibility index (Phi) is 5.52. The van der Waals surface area contributed by atoms with Crippen LogP contribution in [0.25, 0.3) is 16.5 Å². The smallest absolute Gasteiger partial charge is 0.255 e. The molecule has 1 saturated heterocycles. The third-order valence-corrected chi connectivity index (χ3v) is 6.86. The maximum atomic E-state index is 13.3. The van der Waals surface area contributed by atoms with Gasteiger partial charge in [-0.15, -0.1) is 0 Å². The molecule has 1 aromatic carbocycles. The molecule has 1 aliphatic rings. The molecule has 3 aromatic heterocycles. The second-order valence-electron chi connectivity index (χ2n) is 9.16. The third kappa shape index (κ3) is 3.81. The Balaban J connectivity index is 1.48. The number of methoxy groups -OCH3 is 1. The van der Waals surface area contributed by atoms with Crippen molar-refractivity contribution < 1.29 is 23.5 Å². The first-order chi connectivity index (χ1) is 16.7. The molecule has 9 heteroatoms. The summed E-state index contributed by atoms with van der Waals surface area (Å²) in [6, 6.07) is 7.12. The van der Waals surface area contributed by atoms with Gasteiger partial charge in [0.05, 0.1) is 22.9 Å². The summed E-state index contributed by atoms with van der Waals surface area (Å²) in [5.74, 6) is 1.41. The van der Waals surface area contributed by atoms with Gasteiger partial charge in [-0.1, -0.05) is 0 Å². The molecule has 0 aliphatic carbocycles. The Morgan fingerprint density at radius 2 is 2.03 bits per heavy atom. The molecule has 35 heavy (non-hydrogen) atoms. The van der Waals surface area contributed by atoms with Crippen LogP contribution >= 0.6 is 0 Å². The topological polar surface area (TPSA) is 98.3 Å². The Labute approximate surface area is 202 Å². The summed E-state index contributed by atoms with van der Waals surface area (Å²) in [7, 11) is 3.27. The molecule has 1 fully saturated rings. The lowest BCUT2D eigenvalue weighted by Crippen LogP contribution is -2.35. The number of carbonyl (C=O) groups is 2. The highest BCUT2D eigenvalue weighted by molar-refractivity contribution is 6.07. The predicted molar refractivity (Wildman–Crippen MR) is 130 cm³/mol. The number of likely N-dealkylation sites (tertiary alicyclic amines) is 1. The number of ether oxygens (including phenoxy) is 2. The van der Waals surface area contributed by atoms with Crippen LogP contribution in [0.1, 0.15) is 45.4 Å². The molecule has 9 nitrogen and oxygen atoms in total. The SMILES string of the molecule is CNC(=O)c1c(C)oc2cc(Oc3ccnn4cc(C(=O)N5CC[C@@](C)(OC)C5)c(C)c34)ccc12. The van der Waals surface area contributed by atoms with Gasteiger partial charge in [-0.2, -0.15) is 5.10 Å². The van der Waals surface area contributed by atoms with Gasteiger partial charge in [0, 0.05) is 51.0 Å². The summed E-state index contributed by atoms with van der Waals surface area (Å²) >= 11 is 0. The van der Waals surface area contributed by atoms with Gasteiger partial charge in [0.2, 0.25) is 0 Å². The fourth-order valence-electron chi connectivity index (χ4n) is 4.76. The summed E-state index contributed by atoms with van der Waals surface area (Å²) in [4.78, 5) is 27.4. The molecule has 1 atom stereocenters. The average Bonchev–Trinajstić information content (AvgIpc) is 3.51. The van der Waals surface area contributed by atoms with Gasteiger partial charge in [0.1, 0.15) is 22.6 Å². The number of nitrogens with one attached hydrogen (secondary N) is 1. The first kappa shape index (κ1) is 22.9. The normalized spacial score (nSPS) is 17.9. The number of benzene rings is 1. The predicted octanol–water partition coefficient (Wildman–Crippen LogP) is 4.10. The van der Waals surface area contributed by atoms with E-state index in [0.717, 1.165) is 17.4 Å². The molecule has 1 aliphatic heterocycles. The first-order valence-electron chi connectivity index (χ1n) is 11.5. The van der Waals surface area contributed by atoms with Crippen molar-refractivity contribution in [3.05, 3.63) is 59.1 Å². The largest absolute Gasteiger partial charge is 0.460 e. The quantitative estimate of drug-likeness (QED) is 0.466. The molecule has 0 spiro atoms. The molecule has 0 bridgehead atoms. The monoisotopic (exact) mass is 476 g/mol. The zero-order valence-electron chi connectivity index (χ0n) is 20.5. The van der Waals surface area contributed by atoms with E-state index < -0.39 is 0 Å². The van der Waals surface area contributed by atoms with E-state index in [2.05, 4.69) is 10.4 Å². The van der Waals surface area contributed by atoms with Gasteiger partial charge in [-0.05, 0) is 44.9 Å². The van der Waals surface area contributed by atoms with Gasteiger partial charge < -0.3 is 24.1 Å². The van der Waals surface area contributed by atoms with Crippen LogP contribution in [-0.4, -0.2) is 59.2 Å². The molecule has 2 amide bonds. The number of carbonyl (C=O) groups excluding carboxylic acids is 2. The molecule has 4 heterocycles. The first-order valence-corrected chi connectivity index (χ1v) is 11.5. The fourth-order valence-corrected chi connectivity index (χ4v) is 4.76. The van der Waals surface area contributed by atoms with E-state index in [1.165, 1.54) is 0 Å². The van der Waals surface area contributed by atoms with E-state index in [9.17, 15) is 9.59 Å². The van der Waals surface area contributed by atoms with E-state index in [4.69, 9.17) is 13.9 Å². The van der Waals surface area contributed by atoms with Crippen molar-refractivity contribution in [2.75, 3.05) is 27.2 Å². The van der Waals surface area contributed by atoms with Crippen molar-refractivity contribution in [1.29, 1.82) is 0 Å². The maximum Gasteiger partial charge on any atom is 0.255 e. The zero-order valence-corrected chi connectivity index (χ0v) is 20.5. The summed E-state index contributed by atoms with van der Waals surface area (Å²) in [6.45, 7) is 6.87. The third-order valence-electron chi connectivity index (χ3n) is 6.86. The highest BCUT2D eigenvalue weighted by Gasteiger charge is 2.37. The lowest BCUT2D eigenvalue weighted by atomic mass is 10.1. The molecular weight excluding hydrogens is 448 g/mol. The minimum absolute atomic E-state index is 0.0473. The second-order valence-corrected chi connectivity index (χ2v) is 9.16. The number of fused-ring (bicyclic) bond motifs is 2. The summed E-state index contributed by atoms with van der Waals surface area (Å²) < 4.78 is 19.3. The lowest BCUT2D eigenvalue weighted by molar-refractivity contribution is 0.0146. The minimum atomic E-state index is -0.324. The maximum absolute atomic E-state index is 13.3. The van der Waals surface area contributed by atoms with Crippen molar-refractivity contribution in [3.8, 4) is 11.5 Å². The standard InChI is InChI=1S/C26H28N4O5/c1-15-19(25(32)29-11-9-26(3,14-29)33-5)13-30-23(15)20(8-10-28-30)35-17-6-7-18-21(12-17)34-16(2)22(18)24(31)27-4/h6-8,10,12-13H,9,11,14H2,1-5H3,(H,27,31)/t26-/m1/s1. The number of aryl methyl sites for hydroxylation is 2. The van der Waals surface area contributed by atoms with Crippen molar-refractivity contribution in [1.82, 2.24) is 19.8 Å². The van der Waals surface area contributed by atoms with Crippen LogP contribution < -0.4 is 10.1 Å².